The Kier molecular flexibility index (Phi) is 3.62. The molecule has 0 aliphatic rings. The molecule has 0 N–H and O–H groups in total. The summed E-state index contributed by atoms with van der Waals surface area (Å²) in [4.78, 5) is 4.07. The van der Waals surface area contributed by atoms with E-state index >= 15 is 0 Å². The van der Waals surface area contributed by atoms with Crippen molar-refractivity contribution in [2.75, 3.05) is 0 Å². The summed E-state index contributed by atoms with van der Waals surface area (Å²) in [7, 11) is 0. The number of hydrogen-bond acceptors (Lipinski definition) is 1. The summed E-state index contributed by atoms with van der Waals surface area (Å²) in [6, 6.07) is 6.01. The summed E-state index contributed by atoms with van der Waals surface area (Å²) in [6.45, 7) is 3.05. The van der Waals surface area contributed by atoms with Crippen LogP contribution in [0, 0.1) is 0 Å². The molecule has 0 aromatic carbocycles. The van der Waals surface area contributed by atoms with Crippen LogP contribution in [0.25, 0.3) is 0 Å². The molecule has 2 aromatic rings. The number of aryl methyl sites for hydroxylation is 1. The van der Waals surface area contributed by atoms with Crippen molar-refractivity contribution in [3.63, 3.8) is 0 Å². The van der Waals surface area contributed by atoms with Gasteiger partial charge in [0.25, 0.3) is 0 Å². The van der Waals surface area contributed by atoms with E-state index in [9.17, 15) is 0 Å². The van der Waals surface area contributed by atoms with Crippen LogP contribution in [-0.4, -0.2) is 9.55 Å². The number of halogens is 1. The van der Waals surface area contributed by atoms with Gasteiger partial charge in [-0.2, -0.15) is 0 Å². The third kappa shape index (κ3) is 2.86. The molecular formula is C13H15ClN2. The quantitative estimate of drug-likeness (QED) is 0.740. The summed E-state index contributed by atoms with van der Waals surface area (Å²) in [5, 5.41) is 0.544. The number of aromatic nitrogens is 2. The summed E-state index contributed by atoms with van der Waals surface area (Å²) in [5.41, 5.74) is 2.56. The second-order valence-corrected chi connectivity index (χ2v) is 4.32. The predicted molar refractivity (Wildman–Crippen MR) is 66.8 cm³/mol. The summed E-state index contributed by atoms with van der Waals surface area (Å²) in [6.07, 6.45) is 8.46. The molecule has 16 heavy (non-hydrogen) atoms. The van der Waals surface area contributed by atoms with Crippen molar-refractivity contribution < 1.29 is 0 Å². The van der Waals surface area contributed by atoms with Gasteiger partial charge in [-0.25, -0.2) is 4.98 Å². The Balaban J connectivity index is 2.05. The zero-order chi connectivity index (χ0) is 11.4. The largest absolute Gasteiger partial charge is 0.350 e. The van der Waals surface area contributed by atoms with Crippen molar-refractivity contribution in [2.24, 2.45) is 0 Å². The Hall–Kier alpha value is -1.28. The van der Waals surface area contributed by atoms with Crippen LogP contribution in [-0.2, 0) is 13.0 Å². The van der Waals surface area contributed by atoms with Gasteiger partial charge in [-0.1, -0.05) is 31.0 Å². The molecule has 2 rings (SSSR count). The first-order chi connectivity index (χ1) is 7.78. The van der Waals surface area contributed by atoms with Gasteiger partial charge in [0, 0.05) is 25.1 Å². The van der Waals surface area contributed by atoms with Crippen LogP contribution >= 0.6 is 11.6 Å². The van der Waals surface area contributed by atoms with Gasteiger partial charge in [0.2, 0.25) is 0 Å². The fraction of sp³-hybridized carbons (Fsp3) is 0.308. The van der Waals surface area contributed by atoms with E-state index in [4.69, 9.17) is 11.6 Å². The molecule has 0 spiro atoms. The molecule has 0 aliphatic heterocycles. The Morgan fingerprint density at radius 2 is 2.12 bits per heavy atom. The second-order valence-electron chi connectivity index (χ2n) is 3.93. The Labute approximate surface area is 101 Å². The zero-order valence-electron chi connectivity index (χ0n) is 9.36. The minimum Gasteiger partial charge on any atom is -0.350 e. The van der Waals surface area contributed by atoms with Gasteiger partial charge in [0.15, 0.2) is 0 Å². The van der Waals surface area contributed by atoms with Crippen LogP contribution in [0.15, 0.2) is 36.8 Å². The van der Waals surface area contributed by atoms with E-state index in [0.29, 0.717) is 5.15 Å². The average molecular weight is 235 g/mol. The Morgan fingerprint density at radius 3 is 2.81 bits per heavy atom. The number of pyridine rings is 1. The molecule has 0 saturated heterocycles. The van der Waals surface area contributed by atoms with E-state index in [0.717, 1.165) is 13.0 Å². The standard InChI is InChI=1S/C13H15ClN2/c1-2-3-11-6-7-16(9-11)10-12-4-5-13(14)15-8-12/h4-9H,2-3,10H2,1H3. The van der Waals surface area contributed by atoms with E-state index in [-0.39, 0.29) is 0 Å². The smallest absolute Gasteiger partial charge is 0.129 e. The highest BCUT2D eigenvalue weighted by atomic mass is 35.5. The maximum Gasteiger partial charge on any atom is 0.129 e. The monoisotopic (exact) mass is 234 g/mol. The summed E-state index contributed by atoms with van der Waals surface area (Å²) in [5.74, 6) is 0. The molecule has 0 amide bonds. The molecule has 0 bridgehead atoms. The molecule has 2 aromatic heterocycles. The lowest BCUT2D eigenvalue weighted by molar-refractivity contribution is 0.794. The van der Waals surface area contributed by atoms with Crippen molar-refractivity contribution in [3.8, 4) is 0 Å². The van der Waals surface area contributed by atoms with E-state index in [2.05, 4.69) is 34.9 Å². The normalized spacial score (nSPS) is 10.6. The number of rotatable bonds is 4. The zero-order valence-corrected chi connectivity index (χ0v) is 10.1. The van der Waals surface area contributed by atoms with Crippen molar-refractivity contribution in [2.45, 2.75) is 26.3 Å². The number of hydrogen-bond donors (Lipinski definition) is 0. The summed E-state index contributed by atoms with van der Waals surface area (Å²) < 4.78 is 2.18. The van der Waals surface area contributed by atoms with Crippen molar-refractivity contribution in [1.29, 1.82) is 0 Å². The molecule has 0 unspecified atom stereocenters. The Morgan fingerprint density at radius 1 is 1.25 bits per heavy atom. The first-order valence-electron chi connectivity index (χ1n) is 5.53. The highest BCUT2D eigenvalue weighted by Crippen LogP contribution is 2.09. The van der Waals surface area contributed by atoms with Crippen LogP contribution in [0.3, 0.4) is 0 Å². The van der Waals surface area contributed by atoms with E-state index in [1.807, 2.05) is 18.3 Å². The van der Waals surface area contributed by atoms with E-state index in [1.54, 1.807) is 0 Å². The topological polar surface area (TPSA) is 17.8 Å². The number of nitrogens with zero attached hydrogens (tertiary/aromatic N) is 2. The molecule has 3 heteroatoms. The molecular weight excluding hydrogens is 220 g/mol. The SMILES string of the molecule is CCCc1ccn(Cc2ccc(Cl)nc2)c1. The molecule has 0 atom stereocenters. The van der Waals surface area contributed by atoms with Gasteiger partial charge in [0.1, 0.15) is 5.15 Å². The first kappa shape index (κ1) is 11.2. The van der Waals surface area contributed by atoms with Crippen molar-refractivity contribution in [3.05, 3.63) is 53.1 Å². The lowest BCUT2D eigenvalue weighted by Gasteiger charge is -2.02. The van der Waals surface area contributed by atoms with E-state index in [1.165, 1.54) is 17.5 Å². The molecule has 0 fully saturated rings. The predicted octanol–water partition coefficient (Wildman–Crippen LogP) is 3.54. The van der Waals surface area contributed by atoms with Crippen LogP contribution in [0.2, 0.25) is 5.15 Å². The third-order valence-electron chi connectivity index (χ3n) is 2.50. The van der Waals surface area contributed by atoms with Gasteiger partial charge in [-0.05, 0) is 29.7 Å². The van der Waals surface area contributed by atoms with E-state index < -0.39 is 0 Å². The second kappa shape index (κ2) is 5.17. The van der Waals surface area contributed by atoms with Crippen LogP contribution < -0.4 is 0 Å². The molecule has 0 aliphatic carbocycles. The van der Waals surface area contributed by atoms with Crippen LogP contribution in [0.4, 0.5) is 0 Å². The fourth-order valence-corrected chi connectivity index (χ4v) is 1.85. The fourth-order valence-electron chi connectivity index (χ4n) is 1.74. The van der Waals surface area contributed by atoms with Gasteiger partial charge in [-0.15, -0.1) is 0 Å². The van der Waals surface area contributed by atoms with Gasteiger partial charge >= 0.3 is 0 Å². The minimum atomic E-state index is 0.544. The molecule has 2 heterocycles. The van der Waals surface area contributed by atoms with Gasteiger partial charge in [-0.3, -0.25) is 0 Å². The highest BCUT2D eigenvalue weighted by Gasteiger charge is 1.98. The van der Waals surface area contributed by atoms with Crippen LogP contribution in [0.1, 0.15) is 24.5 Å². The van der Waals surface area contributed by atoms with Crippen molar-refractivity contribution >= 4 is 11.6 Å². The third-order valence-corrected chi connectivity index (χ3v) is 2.73. The maximum atomic E-state index is 5.74. The van der Waals surface area contributed by atoms with Gasteiger partial charge in [0.05, 0.1) is 0 Å². The molecule has 0 radical (unpaired) electrons. The summed E-state index contributed by atoms with van der Waals surface area (Å²) >= 11 is 5.74. The lowest BCUT2D eigenvalue weighted by Crippen LogP contribution is -1.96. The average Bonchev–Trinajstić information content (AvgIpc) is 2.70. The molecule has 2 nitrogen and oxygen atoms in total. The van der Waals surface area contributed by atoms with Crippen LogP contribution in [0.5, 0.6) is 0 Å². The highest BCUT2D eigenvalue weighted by molar-refractivity contribution is 6.29. The first-order valence-corrected chi connectivity index (χ1v) is 5.91. The van der Waals surface area contributed by atoms with Gasteiger partial charge < -0.3 is 4.57 Å². The molecule has 0 saturated carbocycles. The maximum absolute atomic E-state index is 5.74. The minimum absolute atomic E-state index is 0.544. The molecule has 84 valence electrons. The van der Waals surface area contributed by atoms with Crippen molar-refractivity contribution in [1.82, 2.24) is 9.55 Å². The lowest BCUT2D eigenvalue weighted by atomic mass is 10.2. The Bertz CT molecular complexity index is 445.